The molecule has 14 heavy (non-hydrogen) atoms. The van der Waals surface area contributed by atoms with E-state index >= 15 is 0 Å². The van der Waals surface area contributed by atoms with Crippen LogP contribution in [0.3, 0.4) is 0 Å². The highest BCUT2D eigenvalue weighted by atomic mass is 16.5. The second-order valence-corrected chi connectivity index (χ2v) is 4.52. The van der Waals surface area contributed by atoms with E-state index in [0.29, 0.717) is 6.54 Å². The fourth-order valence-electron chi connectivity index (χ4n) is 1.99. The number of rotatable bonds is 2. The maximum Gasteiger partial charge on any atom is 0.123 e. The van der Waals surface area contributed by atoms with Crippen LogP contribution < -0.4 is 10.5 Å². The molecule has 1 aromatic rings. The quantitative estimate of drug-likeness (QED) is 0.775. The van der Waals surface area contributed by atoms with Gasteiger partial charge in [0.05, 0.1) is 0 Å². The third kappa shape index (κ3) is 1.75. The van der Waals surface area contributed by atoms with Crippen molar-refractivity contribution in [3.05, 3.63) is 29.3 Å². The molecule has 1 heterocycles. The van der Waals surface area contributed by atoms with E-state index in [4.69, 9.17) is 10.5 Å². The van der Waals surface area contributed by atoms with Gasteiger partial charge in [-0.25, -0.2) is 0 Å². The van der Waals surface area contributed by atoms with Crippen LogP contribution in [0.15, 0.2) is 18.2 Å². The lowest BCUT2D eigenvalue weighted by Gasteiger charge is -2.16. The minimum absolute atomic E-state index is 0.0380. The molecule has 0 saturated carbocycles. The Hall–Kier alpha value is -1.02. The number of hydrogen-bond donors (Lipinski definition) is 1. The summed E-state index contributed by atoms with van der Waals surface area (Å²) in [5, 5.41) is 0. The van der Waals surface area contributed by atoms with Crippen molar-refractivity contribution in [2.45, 2.75) is 32.3 Å². The highest BCUT2D eigenvalue weighted by Gasteiger charge is 2.29. The Morgan fingerprint density at radius 2 is 2.21 bits per heavy atom. The van der Waals surface area contributed by atoms with Crippen LogP contribution in [0.5, 0.6) is 5.75 Å². The van der Waals surface area contributed by atoms with Crippen LogP contribution in [-0.4, -0.2) is 12.1 Å². The molecule has 0 spiro atoms. The molecule has 0 aromatic heterocycles. The van der Waals surface area contributed by atoms with Crippen LogP contribution in [0, 0.1) is 0 Å². The Labute approximate surface area is 85.1 Å². The van der Waals surface area contributed by atoms with Crippen molar-refractivity contribution < 1.29 is 4.74 Å². The van der Waals surface area contributed by atoms with E-state index in [1.807, 2.05) is 0 Å². The predicted molar refractivity (Wildman–Crippen MR) is 57.6 cm³/mol. The van der Waals surface area contributed by atoms with Crippen molar-refractivity contribution in [1.82, 2.24) is 0 Å². The van der Waals surface area contributed by atoms with Gasteiger partial charge in [0.15, 0.2) is 0 Å². The van der Waals surface area contributed by atoms with Gasteiger partial charge < -0.3 is 10.5 Å². The second kappa shape index (κ2) is 3.28. The summed E-state index contributed by atoms with van der Waals surface area (Å²) in [4.78, 5) is 0. The molecule has 0 unspecified atom stereocenters. The second-order valence-electron chi connectivity index (χ2n) is 4.52. The summed E-state index contributed by atoms with van der Waals surface area (Å²) in [6.07, 6.45) is 1.95. The van der Waals surface area contributed by atoms with E-state index in [9.17, 15) is 0 Å². The minimum atomic E-state index is -0.0380. The first kappa shape index (κ1) is 9.53. The van der Waals surface area contributed by atoms with Gasteiger partial charge in [-0.3, -0.25) is 0 Å². The molecule has 1 aromatic carbocycles. The standard InChI is InChI=1S/C12H17NO/c1-12(2)8-10-7-9(5-6-13)3-4-11(10)14-12/h3-4,7H,5-6,8,13H2,1-2H3. The number of benzene rings is 1. The van der Waals surface area contributed by atoms with Gasteiger partial charge in [-0.1, -0.05) is 12.1 Å². The van der Waals surface area contributed by atoms with E-state index in [0.717, 1.165) is 18.6 Å². The van der Waals surface area contributed by atoms with E-state index in [2.05, 4.69) is 32.0 Å². The molecule has 2 nitrogen and oxygen atoms in total. The van der Waals surface area contributed by atoms with Gasteiger partial charge in [0.1, 0.15) is 11.4 Å². The zero-order valence-electron chi connectivity index (χ0n) is 8.84. The van der Waals surface area contributed by atoms with E-state index < -0.39 is 0 Å². The third-order valence-electron chi connectivity index (χ3n) is 2.56. The van der Waals surface area contributed by atoms with Crippen LogP contribution in [0.1, 0.15) is 25.0 Å². The van der Waals surface area contributed by atoms with Gasteiger partial charge >= 0.3 is 0 Å². The van der Waals surface area contributed by atoms with Crippen LogP contribution >= 0.6 is 0 Å². The lowest BCUT2D eigenvalue weighted by Crippen LogP contribution is -2.24. The van der Waals surface area contributed by atoms with Crippen molar-refractivity contribution in [2.75, 3.05) is 6.54 Å². The number of ether oxygens (including phenoxy) is 1. The summed E-state index contributed by atoms with van der Waals surface area (Å²) in [7, 11) is 0. The normalized spacial score (nSPS) is 17.6. The fourth-order valence-corrected chi connectivity index (χ4v) is 1.99. The largest absolute Gasteiger partial charge is 0.487 e. The average Bonchev–Trinajstić information content (AvgIpc) is 2.38. The SMILES string of the molecule is CC1(C)Cc2cc(CCN)ccc2O1. The summed E-state index contributed by atoms with van der Waals surface area (Å²) in [5.41, 5.74) is 8.12. The molecule has 0 radical (unpaired) electrons. The summed E-state index contributed by atoms with van der Waals surface area (Å²) < 4.78 is 5.80. The van der Waals surface area contributed by atoms with Gasteiger partial charge in [0.2, 0.25) is 0 Å². The first-order valence-electron chi connectivity index (χ1n) is 5.12. The van der Waals surface area contributed by atoms with E-state index in [1.165, 1.54) is 11.1 Å². The topological polar surface area (TPSA) is 35.2 Å². The number of nitrogens with two attached hydrogens (primary N) is 1. The monoisotopic (exact) mass is 191 g/mol. The molecule has 1 aliphatic heterocycles. The zero-order chi connectivity index (χ0) is 10.2. The average molecular weight is 191 g/mol. The lowest BCUT2D eigenvalue weighted by molar-refractivity contribution is 0.138. The summed E-state index contributed by atoms with van der Waals surface area (Å²) >= 11 is 0. The number of fused-ring (bicyclic) bond motifs is 1. The fraction of sp³-hybridized carbons (Fsp3) is 0.500. The van der Waals surface area contributed by atoms with Crippen molar-refractivity contribution in [2.24, 2.45) is 5.73 Å². The molecule has 0 bridgehead atoms. The summed E-state index contributed by atoms with van der Waals surface area (Å²) in [6.45, 7) is 4.95. The van der Waals surface area contributed by atoms with Gasteiger partial charge in [-0.15, -0.1) is 0 Å². The Morgan fingerprint density at radius 3 is 2.93 bits per heavy atom. The maximum absolute atomic E-state index is 5.80. The zero-order valence-corrected chi connectivity index (χ0v) is 8.84. The first-order valence-corrected chi connectivity index (χ1v) is 5.12. The maximum atomic E-state index is 5.80. The highest BCUT2D eigenvalue weighted by molar-refractivity contribution is 5.41. The first-order chi connectivity index (χ1) is 6.61. The molecule has 1 aliphatic rings. The van der Waals surface area contributed by atoms with Crippen LogP contribution in [-0.2, 0) is 12.8 Å². The number of hydrogen-bond acceptors (Lipinski definition) is 2. The molecular formula is C12H17NO. The molecule has 2 heteroatoms. The molecule has 2 rings (SSSR count). The van der Waals surface area contributed by atoms with Crippen LogP contribution in [0.2, 0.25) is 0 Å². The highest BCUT2D eigenvalue weighted by Crippen LogP contribution is 2.35. The molecule has 0 saturated heterocycles. The summed E-state index contributed by atoms with van der Waals surface area (Å²) in [5.74, 6) is 1.04. The van der Waals surface area contributed by atoms with E-state index in [1.54, 1.807) is 0 Å². The Kier molecular flexibility index (Phi) is 2.23. The van der Waals surface area contributed by atoms with Crippen molar-refractivity contribution in [3.8, 4) is 5.75 Å². The van der Waals surface area contributed by atoms with E-state index in [-0.39, 0.29) is 5.60 Å². The molecule has 0 amide bonds. The Balaban J connectivity index is 2.26. The van der Waals surface area contributed by atoms with Gasteiger partial charge in [-0.2, -0.15) is 0 Å². The molecular weight excluding hydrogens is 174 g/mol. The van der Waals surface area contributed by atoms with Gasteiger partial charge in [0.25, 0.3) is 0 Å². The minimum Gasteiger partial charge on any atom is -0.487 e. The van der Waals surface area contributed by atoms with Gasteiger partial charge in [0, 0.05) is 6.42 Å². The predicted octanol–water partition coefficient (Wildman–Crippen LogP) is 1.90. The summed E-state index contributed by atoms with van der Waals surface area (Å²) in [6, 6.07) is 6.39. The van der Waals surface area contributed by atoms with Crippen molar-refractivity contribution >= 4 is 0 Å². The molecule has 2 N–H and O–H groups in total. The molecule has 0 atom stereocenters. The smallest absolute Gasteiger partial charge is 0.123 e. The molecule has 0 aliphatic carbocycles. The lowest BCUT2D eigenvalue weighted by atomic mass is 9.99. The van der Waals surface area contributed by atoms with Crippen LogP contribution in [0.25, 0.3) is 0 Å². The van der Waals surface area contributed by atoms with Crippen molar-refractivity contribution in [1.29, 1.82) is 0 Å². The van der Waals surface area contributed by atoms with Crippen LogP contribution in [0.4, 0.5) is 0 Å². The Morgan fingerprint density at radius 1 is 1.43 bits per heavy atom. The Bertz CT molecular complexity index is 344. The third-order valence-corrected chi connectivity index (χ3v) is 2.56. The molecule has 0 fully saturated rings. The van der Waals surface area contributed by atoms with Gasteiger partial charge in [-0.05, 0) is 44.0 Å². The van der Waals surface area contributed by atoms with Crippen molar-refractivity contribution in [3.63, 3.8) is 0 Å². The molecule has 76 valence electrons.